The Bertz CT molecular complexity index is 1360. The second kappa shape index (κ2) is 9.64. The molecule has 0 saturated carbocycles. The minimum absolute atomic E-state index is 0.0343. The lowest BCUT2D eigenvalue weighted by atomic mass is 9.96. The van der Waals surface area contributed by atoms with Crippen molar-refractivity contribution in [3.8, 4) is 0 Å². The van der Waals surface area contributed by atoms with E-state index in [4.69, 9.17) is 0 Å². The number of anilines is 1. The van der Waals surface area contributed by atoms with Gasteiger partial charge >= 0.3 is 0 Å². The van der Waals surface area contributed by atoms with E-state index in [9.17, 15) is 18.0 Å². The van der Waals surface area contributed by atoms with Crippen LogP contribution in [0.4, 0.5) is 5.69 Å². The zero-order chi connectivity index (χ0) is 24.6. The maximum absolute atomic E-state index is 13.5. The predicted octanol–water partition coefficient (Wildman–Crippen LogP) is 4.83. The maximum atomic E-state index is 13.5. The molecule has 2 aromatic carbocycles. The smallest absolute Gasteiger partial charge is 0.244 e. The van der Waals surface area contributed by atoms with Crippen molar-refractivity contribution in [1.82, 2.24) is 8.87 Å². The van der Waals surface area contributed by atoms with Crippen LogP contribution in [0.3, 0.4) is 0 Å². The van der Waals surface area contributed by atoms with E-state index in [0.29, 0.717) is 29.4 Å². The maximum Gasteiger partial charge on any atom is 0.244 e. The second-order valence-electron chi connectivity index (χ2n) is 8.65. The number of carbonyl (C=O) groups excluding carboxylic acids is 2. The van der Waals surface area contributed by atoms with E-state index in [2.05, 4.69) is 15.9 Å². The minimum Gasteiger partial charge on any atom is -0.312 e. The van der Waals surface area contributed by atoms with E-state index in [1.165, 1.54) is 15.8 Å². The molecule has 2 heterocycles. The molecule has 0 aliphatic carbocycles. The number of amides is 1. The molecule has 1 aliphatic rings. The van der Waals surface area contributed by atoms with Gasteiger partial charge in [-0.3, -0.25) is 14.2 Å². The molecule has 0 spiro atoms. The topological polar surface area (TPSA) is 79.7 Å². The van der Waals surface area contributed by atoms with Crippen LogP contribution in [0.25, 0.3) is 10.9 Å². The number of hydrogen-bond acceptors (Lipinski definition) is 4. The van der Waals surface area contributed by atoms with Crippen LogP contribution in [0.2, 0.25) is 0 Å². The Morgan fingerprint density at radius 2 is 1.82 bits per heavy atom. The van der Waals surface area contributed by atoms with Gasteiger partial charge in [-0.1, -0.05) is 12.1 Å². The summed E-state index contributed by atoms with van der Waals surface area (Å²) in [7, 11) is -3.80. The van der Waals surface area contributed by atoms with Crippen LogP contribution >= 0.6 is 15.9 Å². The van der Waals surface area contributed by atoms with Crippen LogP contribution in [-0.4, -0.2) is 48.7 Å². The van der Waals surface area contributed by atoms with Crippen LogP contribution in [0.5, 0.6) is 0 Å². The van der Waals surface area contributed by atoms with Crippen LogP contribution < -0.4 is 4.90 Å². The molecular formula is C25H28BrN3O4S. The van der Waals surface area contributed by atoms with Gasteiger partial charge in [0.25, 0.3) is 0 Å². The molecule has 34 heavy (non-hydrogen) atoms. The van der Waals surface area contributed by atoms with Crippen LogP contribution in [0.15, 0.2) is 58.0 Å². The standard InChI is InChI=1S/C25H28BrN3O4S/c1-4-28(21-7-5-6-17(2)14-21)25(31)19-8-11-27(12-9-19)34(32,33)24-16-23-20(15-22(24)26)10-13-29(23)18(3)30/h5-7,10,13-16,19H,4,8-9,11-12H2,1-3H3. The number of aryl methyl sites for hydroxylation is 1. The number of rotatable bonds is 5. The molecule has 0 bridgehead atoms. The van der Waals surface area contributed by atoms with E-state index in [1.54, 1.807) is 29.3 Å². The van der Waals surface area contributed by atoms with Crippen molar-refractivity contribution >= 4 is 54.4 Å². The van der Waals surface area contributed by atoms with Crippen LogP contribution in [0.1, 0.15) is 37.0 Å². The highest BCUT2D eigenvalue weighted by Gasteiger charge is 2.35. The molecule has 1 aromatic heterocycles. The molecule has 180 valence electrons. The fourth-order valence-corrected chi connectivity index (χ4v) is 7.08. The normalized spacial score (nSPS) is 15.5. The molecule has 9 heteroatoms. The zero-order valence-corrected chi connectivity index (χ0v) is 21.9. The van der Waals surface area contributed by atoms with Gasteiger partial charge in [-0.2, -0.15) is 4.31 Å². The number of aromatic nitrogens is 1. The van der Waals surface area contributed by atoms with Crippen molar-refractivity contribution < 1.29 is 18.0 Å². The van der Waals surface area contributed by atoms with Gasteiger partial charge < -0.3 is 4.90 Å². The van der Waals surface area contributed by atoms with E-state index in [-0.39, 0.29) is 35.7 Å². The number of piperidine rings is 1. The molecule has 0 atom stereocenters. The number of carbonyl (C=O) groups is 2. The molecule has 7 nitrogen and oxygen atoms in total. The fourth-order valence-electron chi connectivity index (χ4n) is 4.57. The van der Waals surface area contributed by atoms with Crippen molar-refractivity contribution in [3.05, 3.63) is 58.7 Å². The number of halogens is 1. The summed E-state index contributed by atoms with van der Waals surface area (Å²) in [5.74, 6) is -0.381. The predicted molar refractivity (Wildman–Crippen MR) is 137 cm³/mol. The molecule has 0 unspecified atom stereocenters. The highest BCUT2D eigenvalue weighted by atomic mass is 79.9. The Kier molecular flexibility index (Phi) is 6.98. The lowest BCUT2D eigenvalue weighted by Crippen LogP contribution is -2.44. The minimum atomic E-state index is -3.80. The second-order valence-corrected chi connectivity index (χ2v) is 11.4. The molecular weight excluding hydrogens is 518 g/mol. The third kappa shape index (κ3) is 4.56. The average Bonchev–Trinajstić information content (AvgIpc) is 3.22. The lowest BCUT2D eigenvalue weighted by molar-refractivity contribution is -0.123. The first-order valence-electron chi connectivity index (χ1n) is 11.3. The molecule has 3 aromatic rings. The SMILES string of the molecule is CCN(C(=O)C1CCN(S(=O)(=O)c2cc3c(ccn3C(C)=O)cc2Br)CC1)c1cccc(C)c1. The molecule has 1 aliphatic heterocycles. The Morgan fingerprint density at radius 1 is 1.12 bits per heavy atom. The highest BCUT2D eigenvalue weighted by molar-refractivity contribution is 9.10. The highest BCUT2D eigenvalue weighted by Crippen LogP contribution is 2.33. The van der Waals surface area contributed by atoms with Crippen LogP contribution in [0, 0.1) is 12.8 Å². The number of benzene rings is 2. The largest absolute Gasteiger partial charge is 0.312 e. The third-order valence-electron chi connectivity index (χ3n) is 6.40. The molecule has 1 fully saturated rings. The Morgan fingerprint density at radius 3 is 2.44 bits per heavy atom. The summed E-state index contributed by atoms with van der Waals surface area (Å²) in [5, 5.41) is 0.779. The van der Waals surface area contributed by atoms with Crippen molar-refractivity contribution in [2.45, 2.75) is 38.5 Å². The Hall–Kier alpha value is -2.49. The van der Waals surface area contributed by atoms with Gasteiger partial charge in [0.1, 0.15) is 0 Å². The van der Waals surface area contributed by atoms with Gasteiger partial charge in [0.2, 0.25) is 21.8 Å². The Balaban J connectivity index is 1.53. The number of hydrogen-bond donors (Lipinski definition) is 0. The summed E-state index contributed by atoms with van der Waals surface area (Å²) in [4.78, 5) is 27.1. The first-order chi connectivity index (χ1) is 16.1. The molecule has 1 amide bonds. The lowest BCUT2D eigenvalue weighted by Gasteiger charge is -2.33. The average molecular weight is 546 g/mol. The van der Waals surface area contributed by atoms with Gasteiger partial charge in [-0.15, -0.1) is 0 Å². The van der Waals surface area contributed by atoms with Gasteiger partial charge in [0.05, 0.1) is 10.4 Å². The van der Waals surface area contributed by atoms with Crippen molar-refractivity contribution in [1.29, 1.82) is 0 Å². The van der Waals surface area contributed by atoms with Gasteiger partial charge in [-0.25, -0.2) is 8.42 Å². The number of sulfonamides is 1. The third-order valence-corrected chi connectivity index (χ3v) is 9.26. The first kappa shape index (κ1) is 24.6. The summed E-state index contributed by atoms with van der Waals surface area (Å²) in [5.41, 5.74) is 2.51. The van der Waals surface area contributed by atoms with Gasteiger partial charge in [0, 0.05) is 54.2 Å². The number of fused-ring (bicyclic) bond motifs is 1. The summed E-state index contributed by atoms with van der Waals surface area (Å²) in [6.45, 7) is 6.47. The quantitative estimate of drug-likeness (QED) is 0.460. The van der Waals surface area contributed by atoms with E-state index >= 15 is 0 Å². The van der Waals surface area contributed by atoms with E-state index in [0.717, 1.165) is 16.6 Å². The van der Waals surface area contributed by atoms with Crippen molar-refractivity contribution in [3.63, 3.8) is 0 Å². The van der Waals surface area contributed by atoms with Gasteiger partial charge in [-0.05, 0) is 78.5 Å². The molecule has 1 saturated heterocycles. The van der Waals surface area contributed by atoms with Gasteiger partial charge in [0.15, 0.2) is 0 Å². The molecule has 4 rings (SSSR count). The summed E-state index contributed by atoms with van der Waals surface area (Å²) < 4.78 is 30.3. The summed E-state index contributed by atoms with van der Waals surface area (Å²) in [6, 6.07) is 12.9. The number of nitrogens with zero attached hydrogens (tertiary/aromatic N) is 3. The summed E-state index contributed by atoms with van der Waals surface area (Å²) in [6.07, 6.45) is 2.56. The van der Waals surface area contributed by atoms with Crippen molar-refractivity contribution in [2.24, 2.45) is 5.92 Å². The first-order valence-corrected chi connectivity index (χ1v) is 13.6. The van der Waals surface area contributed by atoms with Crippen molar-refractivity contribution in [2.75, 3.05) is 24.5 Å². The zero-order valence-electron chi connectivity index (χ0n) is 19.5. The molecule has 0 N–H and O–H groups in total. The van der Waals surface area contributed by atoms with E-state index in [1.807, 2.05) is 38.1 Å². The fraction of sp³-hybridized carbons (Fsp3) is 0.360. The molecule has 0 radical (unpaired) electrons. The van der Waals surface area contributed by atoms with Crippen LogP contribution in [-0.2, 0) is 14.8 Å². The summed E-state index contributed by atoms with van der Waals surface area (Å²) >= 11 is 3.40. The monoisotopic (exact) mass is 545 g/mol. The Labute approximate surface area is 208 Å². The van der Waals surface area contributed by atoms with E-state index < -0.39 is 10.0 Å².